The van der Waals surface area contributed by atoms with E-state index >= 15 is 0 Å². The summed E-state index contributed by atoms with van der Waals surface area (Å²) in [5.41, 5.74) is 2.50. The molecule has 0 aromatic heterocycles. The summed E-state index contributed by atoms with van der Waals surface area (Å²) in [5, 5.41) is 11.6. The second-order valence-electron chi connectivity index (χ2n) is 4.31. The number of ether oxygens (including phenoxy) is 1. The molecule has 5 heteroatoms. The summed E-state index contributed by atoms with van der Waals surface area (Å²) in [6, 6.07) is 7.34. The van der Waals surface area contributed by atoms with Crippen molar-refractivity contribution in [3.8, 4) is 18.1 Å². The SMILES string of the molecule is C#CC(C)NC(C)Cc1ccc(OC(=O)NO)cc1. The molecule has 0 heterocycles. The number of nitrogens with one attached hydrogen (secondary N) is 2. The van der Waals surface area contributed by atoms with Gasteiger partial charge in [-0.2, -0.15) is 0 Å². The molecular weight excluding hydrogens is 244 g/mol. The lowest BCUT2D eigenvalue weighted by atomic mass is 10.1. The van der Waals surface area contributed by atoms with E-state index in [1.165, 1.54) is 5.48 Å². The van der Waals surface area contributed by atoms with Gasteiger partial charge in [-0.15, -0.1) is 6.42 Å². The molecule has 0 aliphatic rings. The van der Waals surface area contributed by atoms with Gasteiger partial charge in [0.15, 0.2) is 0 Å². The molecular formula is C14H18N2O3. The van der Waals surface area contributed by atoms with Crippen molar-refractivity contribution in [2.45, 2.75) is 32.4 Å². The zero-order valence-electron chi connectivity index (χ0n) is 11.0. The second-order valence-corrected chi connectivity index (χ2v) is 4.31. The first kappa shape index (κ1) is 15.0. The zero-order chi connectivity index (χ0) is 14.3. The van der Waals surface area contributed by atoms with Crippen LogP contribution >= 0.6 is 0 Å². The number of hydrogen-bond donors (Lipinski definition) is 3. The smallest absolute Gasteiger partial charge is 0.409 e. The monoisotopic (exact) mass is 262 g/mol. The van der Waals surface area contributed by atoms with Gasteiger partial charge in [-0.3, -0.25) is 5.21 Å². The van der Waals surface area contributed by atoms with Crippen molar-refractivity contribution in [3.63, 3.8) is 0 Å². The van der Waals surface area contributed by atoms with Crippen LogP contribution in [0.15, 0.2) is 24.3 Å². The Labute approximate surface area is 112 Å². The highest BCUT2D eigenvalue weighted by molar-refractivity contribution is 5.68. The average molecular weight is 262 g/mol. The number of amides is 1. The summed E-state index contributed by atoms with van der Waals surface area (Å²) in [4.78, 5) is 10.8. The molecule has 1 rings (SSSR count). The van der Waals surface area contributed by atoms with Crippen LogP contribution in [0.4, 0.5) is 4.79 Å². The second kappa shape index (κ2) is 7.41. The number of rotatable bonds is 5. The molecule has 102 valence electrons. The summed E-state index contributed by atoms with van der Waals surface area (Å²) in [7, 11) is 0. The van der Waals surface area contributed by atoms with Gasteiger partial charge in [-0.1, -0.05) is 18.1 Å². The fourth-order valence-corrected chi connectivity index (χ4v) is 1.71. The molecule has 0 saturated carbocycles. The Bertz CT molecular complexity index is 451. The standard InChI is InChI=1S/C14H18N2O3/c1-4-10(2)15-11(3)9-12-5-7-13(8-6-12)19-14(17)16-18/h1,5-8,10-11,15,18H,9H2,2-3H3,(H,16,17). The summed E-state index contributed by atoms with van der Waals surface area (Å²) in [6.07, 6.45) is 5.21. The number of hydroxylamine groups is 1. The fourth-order valence-electron chi connectivity index (χ4n) is 1.71. The maximum Gasteiger partial charge on any atom is 0.436 e. The fraction of sp³-hybridized carbons (Fsp3) is 0.357. The third kappa shape index (κ3) is 5.42. The lowest BCUT2D eigenvalue weighted by molar-refractivity contribution is 0.127. The normalized spacial score (nSPS) is 13.2. The van der Waals surface area contributed by atoms with E-state index in [2.05, 4.69) is 18.2 Å². The van der Waals surface area contributed by atoms with E-state index in [9.17, 15) is 4.79 Å². The maximum atomic E-state index is 10.8. The van der Waals surface area contributed by atoms with E-state index in [1.807, 2.05) is 19.1 Å². The molecule has 1 amide bonds. The Morgan fingerprint density at radius 3 is 2.58 bits per heavy atom. The first-order valence-electron chi connectivity index (χ1n) is 5.98. The molecule has 2 unspecified atom stereocenters. The van der Waals surface area contributed by atoms with Crippen LogP contribution in [-0.4, -0.2) is 23.4 Å². The highest BCUT2D eigenvalue weighted by Gasteiger charge is 2.07. The molecule has 1 aromatic rings. The largest absolute Gasteiger partial charge is 0.436 e. The molecule has 19 heavy (non-hydrogen) atoms. The minimum atomic E-state index is -0.911. The number of terminal acetylenes is 1. The summed E-state index contributed by atoms with van der Waals surface area (Å²) in [5.74, 6) is 2.99. The first-order valence-corrected chi connectivity index (χ1v) is 5.98. The van der Waals surface area contributed by atoms with Crippen LogP contribution < -0.4 is 15.5 Å². The lowest BCUT2D eigenvalue weighted by Crippen LogP contribution is -2.34. The molecule has 5 nitrogen and oxygen atoms in total. The van der Waals surface area contributed by atoms with E-state index in [4.69, 9.17) is 16.4 Å². The topological polar surface area (TPSA) is 70.6 Å². The van der Waals surface area contributed by atoms with Gasteiger partial charge in [0.2, 0.25) is 0 Å². The summed E-state index contributed by atoms with van der Waals surface area (Å²) < 4.78 is 4.76. The van der Waals surface area contributed by atoms with Crippen molar-refractivity contribution >= 4 is 6.09 Å². The molecule has 0 spiro atoms. The van der Waals surface area contributed by atoms with Crippen molar-refractivity contribution in [3.05, 3.63) is 29.8 Å². The van der Waals surface area contributed by atoms with Crippen LogP contribution in [0.3, 0.4) is 0 Å². The van der Waals surface area contributed by atoms with Gasteiger partial charge in [0.25, 0.3) is 0 Å². The molecule has 0 aliphatic carbocycles. The van der Waals surface area contributed by atoms with Gasteiger partial charge in [-0.25, -0.2) is 10.3 Å². The molecule has 2 atom stereocenters. The first-order chi connectivity index (χ1) is 9.05. The lowest BCUT2D eigenvalue weighted by Gasteiger charge is -2.16. The Kier molecular flexibility index (Phi) is 5.86. The van der Waals surface area contributed by atoms with E-state index in [-0.39, 0.29) is 12.1 Å². The van der Waals surface area contributed by atoms with E-state index in [0.29, 0.717) is 5.75 Å². The number of carbonyl (C=O) groups is 1. The number of hydrogen-bond acceptors (Lipinski definition) is 4. The van der Waals surface area contributed by atoms with Gasteiger partial charge in [0, 0.05) is 6.04 Å². The molecule has 0 saturated heterocycles. The van der Waals surface area contributed by atoms with Gasteiger partial charge < -0.3 is 10.1 Å². The summed E-state index contributed by atoms with van der Waals surface area (Å²) in [6.45, 7) is 3.98. The van der Waals surface area contributed by atoms with Crippen LogP contribution in [-0.2, 0) is 6.42 Å². The predicted octanol–water partition coefficient (Wildman–Crippen LogP) is 1.71. The van der Waals surface area contributed by atoms with Crippen LogP contribution in [0.25, 0.3) is 0 Å². The Balaban J connectivity index is 2.52. The zero-order valence-corrected chi connectivity index (χ0v) is 11.0. The molecule has 0 bridgehead atoms. The van der Waals surface area contributed by atoms with E-state index in [1.54, 1.807) is 12.1 Å². The summed E-state index contributed by atoms with van der Waals surface area (Å²) >= 11 is 0. The van der Waals surface area contributed by atoms with Crippen molar-refractivity contribution in [2.75, 3.05) is 0 Å². The van der Waals surface area contributed by atoms with E-state index in [0.717, 1.165) is 12.0 Å². The third-order valence-electron chi connectivity index (χ3n) is 2.55. The van der Waals surface area contributed by atoms with E-state index < -0.39 is 6.09 Å². The highest BCUT2D eigenvalue weighted by Crippen LogP contribution is 2.13. The minimum absolute atomic E-state index is 0.0332. The minimum Gasteiger partial charge on any atom is -0.409 e. The number of benzene rings is 1. The quantitative estimate of drug-likeness (QED) is 0.429. The van der Waals surface area contributed by atoms with Crippen LogP contribution in [0.5, 0.6) is 5.75 Å². The third-order valence-corrected chi connectivity index (χ3v) is 2.55. The van der Waals surface area contributed by atoms with Gasteiger partial charge in [0.1, 0.15) is 5.75 Å². The van der Waals surface area contributed by atoms with Crippen LogP contribution in [0.2, 0.25) is 0 Å². The van der Waals surface area contributed by atoms with Crippen molar-refractivity contribution < 1.29 is 14.7 Å². The molecule has 0 radical (unpaired) electrons. The maximum absolute atomic E-state index is 10.8. The Morgan fingerprint density at radius 2 is 2.05 bits per heavy atom. The molecule has 0 fully saturated rings. The van der Waals surface area contributed by atoms with Crippen LogP contribution in [0, 0.1) is 12.3 Å². The van der Waals surface area contributed by atoms with Gasteiger partial charge in [0.05, 0.1) is 6.04 Å². The Hall–Kier alpha value is -2.03. The average Bonchev–Trinajstić information content (AvgIpc) is 2.40. The molecule has 0 aliphatic heterocycles. The van der Waals surface area contributed by atoms with Gasteiger partial charge >= 0.3 is 6.09 Å². The van der Waals surface area contributed by atoms with Crippen molar-refractivity contribution in [2.24, 2.45) is 0 Å². The number of carbonyl (C=O) groups excluding carboxylic acids is 1. The van der Waals surface area contributed by atoms with Gasteiger partial charge in [-0.05, 0) is 38.0 Å². The molecule has 1 aromatic carbocycles. The van der Waals surface area contributed by atoms with Crippen molar-refractivity contribution in [1.82, 2.24) is 10.8 Å². The predicted molar refractivity (Wildman–Crippen MR) is 72.0 cm³/mol. The van der Waals surface area contributed by atoms with Crippen LogP contribution in [0.1, 0.15) is 19.4 Å². The Morgan fingerprint density at radius 1 is 1.42 bits per heavy atom. The van der Waals surface area contributed by atoms with Crippen molar-refractivity contribution in [1.29, 1.82) is 0 Å². The molecule has 3 N–H and O–H groups in total. The highest BCUT2D eigenvalue weighted by atomic mass is 16.6.